The number of hydrogen-bond acceptors (Lipinski definition) is 3. The van der Waals surface area contributed by atoms with Gasteiger partial charge in [-0.2, -0.15) is 4.57 Å². The highest BCUT2D eigenvalue weighted by atomic mass is 32.1. The van der Waals surface area contributed by atoms with E-state index in [0.29, 0.717) is 36.8 Å². The van der Waals surface area contributed by atoms with Crippen molar-refractivity contribution < 1.29 is 8.96 Å². The molecule has 0 amide bonds. The predicted octanol–water partition coefficient (Wildman–Crippen LogP) is 17.1. The van der Waals surface area contributed by atoms with Crippen LogP contribution in [0.2, 0.25) is 0 Å². The van der Waals surface area contributed by atoms with Crippen LogP contribution in [0.25, 0.3) is 70.5 Å². The monoisotopic (exact) mass is 911 g/mol. The van der Waals surface area contributed by atoms with E-state index in [1.54, 1.807) is 4.88 Å². The van der Waals surface area contributed by atoms with Gasteiger partial charge in [0.2, 0.25) is 0 Å². The van der Waals surface area contributed by atoms with Gasteiger partial charge in [0.1, 0.15) is 30.5 Å². The number of aromatic nitrogens is 4. The van der Waals surface area contributed by atoms with Gasteiger partial charge in [0.25, 0.3) is 5.82 Å². The van der Waals surface area contributed by atoms with Crippen molar-refractivity contribution in [3.8, 4) is 34.2 Å². The van der Waals surface area contributed by atoms with E-state index < -0.39 is 0 Å². The van der Waals surface area contributed by atoms with Gasteiger partial charge in [-0.1, -0.05) is 142 Å². The van der Waals surface area contributed by atoms with Crippen LogP contribution < -0.4 is 4.57 Å². The van der Waals surface area contributed by atoms with Crippen LogP contribution in [0, 0.1) is 0 Å². The van der Waals surface area contributed by atoms with E-state index >= 15 is 0 Å². The molecule has 0 atom stereocenters. The number of allylic oxidation sites excluding steroid dienone is 1. The van der Waals surface area contributed by atoms with Crippen molar-refractivity contribution in [1.82, 2.24) is 14.1 Å². The number of hydrogen-bond donors (Lipinski definition) is 0. The molecule has 7 heteroatoms. The summed E-state index contributed by atoms with van der Waals surface area (Å²) in [5, 5.41) is 4.24. The lowest BCUT2D eigenvalue weighted by Crippen LogP contribution is -2.30. The smallest absolute Gasteiger partial charge is 0.294 e. The fraction of sp³-hybridized carbons (Fsp3) is 0.322. The molecule has 2 aliphatic rings. The zero-order valence-corrected chi connectivity index (χ0v) is 42.2. The van der Waals surface area contributed by atoms with Crippen LogP contribution in [-0.4, -0.2) is 21.3 Å². The molecule has 0 radical (unpaired) electrons. The van der Waals surface area contributed by atoms with Crippen molar-refractivity contribution in [3.05, 3.63) is 160 Å². The van der Waals surface area contributed by atoms with Gasteiger partial charge < -0.3 is 0 Å². The number of thiophene rings is 2. The number of rotatable bonds is 8. The highest BCUT2D eigenvalue weighted by Crippen LogP contribution is 2.48. The average Bonchev–Trinajstić information content (AvgIpc) is 4.16. The summed E-state index contributed by atoms with van der Waals surface area (Å²) in [6, 6.07) is 31.3. The third kappa shape index (κ3) is 7.76. The molecule has 11 rings (SSSR count). The molecular weight excluding hydrogens is 848 g/mol. The van der Waals surface area contributed by atoms with Crippen molar-refractivity contribution in [3.63, 3.8) is 0 Å². The van der Waals surface area contributed by atoms with Crippen LogP contribution in [-0.2, 0) is 13.0 Å². The van der Waals surface area contributed by atoms with E-state index in [9.17, 15) is 4.39 Å². The molecule has 0 saturated heterocycles. The average molecular weight is 912 g/mol. The van der Waals surface area contributed by atoms with E-state index in [-0.39, 0.29) is 0 Å². The van der Waals surface area contributed by atoms with Gasteiger partial charge in [0, 0.05) is 69.8 Å². The van der Waals surface area contributed by atoms with E-state index in [2.05, 4.69) is 199 Å². The third-order valence-electron chi connectivity index (χ3n) is 13.5. The summed E-state index contributed by atoms with van der Waals surface area (Å²) in [4.78, 5) is 6.45. The van der Waals surface area contributed by atoms with E-state index in [0.717, 1.165) is 12.4 Å². The Morgan fingerprint density at radius 2 is 1.27 bits per heavy atom. The zero-order valence-electron chi connectivity index (χ0n) is 40.5. The Kier molecular flexibility index (Phi) is 12.8. The standard InChI is InChI=1S/C30H32N2S.C28H29N2S.CH3F/c1-18(2)21-11-7-8-13-23(21)30-31-15-16-32(30)28-24(19(3)4)17-25-22-12-9-10-14-26(22)33-29(25)27(28)20(5)6;1-17(2)22-15-24-26(21-11-7-8-12-23(21)31-24)25(18(3)4)27(22)30-14-13-29-16-19-9-5-6-10-20(19)28(29)30;1-2/h7-20H,1-6H3;5-7,9-11,13-15,17-18H,8,12,16H2,1-4H3;1H3/q;+1;. The number of imidazole rings is 2. The summed E-state index contributed by atoms with van der Waals surface area (Å²) in [5.41, 5.74) is 15.3. The number of benzene rings is 5. The van der Waals surface area contributed by atoms with Crippen molar-refractivity contribution in [2.75, 3.05) is 7.18 Å². The quantitative estimate of drug-likeness (QED) is 0.140. The zero-order chi connectivity index (χ0) is 46.6. The maximum absolute atomic E-state index is 9.50. The highest BCUT2D eigenvalue weighted by Gasteiger charge is 2.34. The first-order valence-corrected chi connectivity index (χ1v) is 25.5. The van der Waals surface area contributed by atoms with Crippen LogP contribution in [0.3, 0.4) is 0 Å². The predicted molar refractivity (Wildman–Crippen MR) is 283 cm³/mol. The van der Waals surface area contributed by atoms with Crippen LogP contribution in [0.5, 0.6) is 0 Å². The lowest BCUT2D eigenvalue weighted by Gasteiger charge is -2.24. The number of nitrogens with zero attached hydrogens (tertiary/aromatic N) is 4. The van der Waals surface area contributed by atoms with Gasteiger partial charge in [0.05, 0.1) is 18.4 Å². The largest absolute Gasteiger partial charge is 0.299 e. The van der Waals surface area contributed by atoms with Gasteiger partial charge >= 0.3 is 0 Å². The number of fused-ring (bicyclic) bond motifs is 9. The Hall–Kier alpha value is -5.63. The number of aryl methyl sites for hydroxylation is 1. The second-order valence-electron chi connectivity index (χ2n) is 19.4. The first-order chi connectivity index (χ1) is 31.9. The molecule has 5 aromatic carbocycles. The molecule has 0 fully saturated rings. The number of halogens is 1. The molecule has 0 N–H and O–H groups in total. The molecule has 4 nitrogen and oxygen atoms in total. The van der Waals surface area contributed by atoms with E-state index in [1.165, 1.54) is 110 Å². The van der Waals surface area contributed by atoms with Crippen LogP contribution in [0.15, 0.2) is 116 Å². The van der Waals surface area contributed by atoms with Crippen molar-refractivity contribution >= 4 is 59.0 Å². The minimum Gasteiger partial charge on any atom is -0.299 e. The Morgan fingerprint density at radius 1 is 0.621 bits per heavy atom. The fourth-order valence-electron chi connectivity index (χ4n) is 10.5. The second-order valence-corrected chi connectivity index (χ2v) is 21.6. The summed E-state index contributed by atoms with van der Waals surface area (Å²) in [6.07, 6.45) is 15.7. The Morgan fingerprint density at radius 3 is 2.00 bits per heavy atom. The van der Waals surface area contributed by atoms with E-state index in [1.807, 2.05) is 28.9 Å². The van der Waals surface area contributed by atoms with E-state index in [4.69, 9.17) is 4.98 Å². The maximum atomic E-state index is 9.50. The highest BCUT2D eigenvalue weighted by molar-refractivity contribution is 7.26. The summed E-state index contributed by atoms with van der Waals surface area (Å²) in [6.45, 7) is 24.2. The maximum Gasteiger partial charge on any atom is 0.294 e. The molecule has 0 spiro atoms. The molecule has 0 bridgehead atoms. The van der Waals surface area contributed by atoms with Crippen molar-refractivity contribution in [2.24, 2.45) is 0 Å². The molecule has 1 aliphatic carbocycles. The molecule has 66 heavy (non-hydrogen) atoms. The first-order valence-electron chi connectivity index (χ1n) is 23.9. The van der Waals surface area contributed by atoms with Crippen LogP contribution >= 0.6 is 22.7 Å². The summed E-state index contributed by atoms with van der Waals surface area (Å²) in [5.74, 6) is 4.49. The van der Waals surface area contributed by atoms with Crippen molar-refractivity contribution in [1.29, 1.82) is 0 Å². The third-order valence-corrected chi connectivity index (χ3v) is 15.9. The second kappa shape index (κ2) is 18.6. The van der Waals surface area contributed by atoms with Gasteiger partial charge in [0.15, 0.2) is 0 Å². The van der Waals surface area contributed by atoms with Crippen LogP contribution in [0.4, 0.5) is 4.39 Å². The molecule has 4 aromatic heterocycles. The minimum absolute atomic E-state index is 0.393. The SMILES string of the molecule is CC(C)c1cc2sc3c(c2c(C(C)C)c1-n1cc[n+]2c1-c1ccccc1C2)C=CCC3.CC(C)c1ccccc1-c1nccn1-c1c(C(C)C)cc2c(sc3ccccc32)c1C(C)C.CF. The first kappa shape index (κ1) is 45.5. The number of alkyl halides is 1. The molecular formula is C59H64FN4S2+. The fourth-order valence-corrected chi connectivity index (χ4v) is 13.2. The Bertz CT molecular complexity index is 3260. The summed E-state index contributed by atoms with van der Waals surface area (Å²) < 4.78 is 21.0. The van der Waals surface area contributed by atoms with Crippen LogP contribution in [0.1, 0.15) is 149 Å². The van der Waals surface area contributed by atoms with Gasteiger partial charge in [-0.25, -0.2) is 9.55 Å². The van der Waals surface area contributed by atoms with Gasteiger partial charge in [-0.3, -0.25) is 8.96 Å². The normalized spacial score (nSPS) is 13.0. The Labute approximate surface area is 399 Å². The lowest BCUT2D eigenvalue weighted by molar-refractivity contribution is -0.671. The molecule has 1 aliphatic heterocycles. The van der Waals surface area contributed by atoms with Gasteiger partial charge in [-0.05, 0) is 89.0 Å². The molecule has 9 aromatic rings. The van der Waals surface area contributed by atoms with Crippen molar-refractivity contribution in [2.45, 2.75) is 118 Å². The summed E-state index contributed by atoms with van der Waals surface area (Å²) >= 11 is 3.94. The minimum atomic E-state index is 0.393. The lowest BCUT2D eigenvalue weighted by atomic mass is 9.87. The molecule has 5 heterocycles. The molecule has 338 valence electrons. The molecule has 0 unspecified atom stereocenters. The van der Waals surface area contributed by atoms with Gasteiger partial charge in [-0.15, -0.1) is 22.7 Å². The molecule has 0 saturated carbocycles. The topological polar surface area (TPSA) is 26.6 Å². The Balaban J connectivity index is 0.000000160. The summed E-state index contributed by atoms with van der Waals surface area (Å²) in [7, 11) is 0.500.